The Morgan fingerprint density at radius 3 is 2.45 bits per heavy atom. The van der Waals surface area contributed by atoms with E-state index in [4.69, 9.17) is 9.15 Å². The van der Waals surface area contributed by atoms with Crippen LogP contribution >= 0.6 is 0 Å². The summed E-state index contributed by atoms with van der Waals surface area (Å²) >= 11 is 0. The van der Waals surface area contributed by atoms with Crippen LogP contribution in [0.3, 0.4) is 0 Å². The molecular weight excluding hydrogens is 276 g/mol. The summed E-state index contributed by atoms with van der Waals surface area (Å²) in [5.41, 5.74) is 1.96. The van der Waals surface area contributed by atoms with Gasteiger partial charge in [0.05, 0.1) is 6.61 Å². The highest BCUT2D eigenvalue weighted by molar-refractivity contribution is 5.66. The van der Waals surface area contributed by atoms with E-state index in [1.165, 1.54) is 0 Å². The fourth-order valence-electron chi connectivity index (χ4n) is 2.01. The van der Waals surface area contributed by atoms with Crippen molar-refractivity contribution in [3.63, 3.8) is 0 Å². The first kappa shape index (κ1) is 14.1. The van der Waals surface area contributed by atoms with Gasteiger partial charge in [0.25, 0.3) is 0 Å². The van der Waals surface area contributed by atoms with Gasteiger partial charge in [-0.2, -0.15) is 0 Å². The molecule has 1 heterocycles. The smallest absolute Gasteiger partial charge is 0.248 e. The number of hydrogen-bond donors (Lipinski definition) is 0. The molecule has 4 nitrogen and oxygen atoms in total. The van der Waals surface area contributed by atoms with Gasteiger partial charge in [0.2, 0.25) is 11.8 Å². The van der Waals surface area contributed by atoms with Crippen LogP contribution in [0.5, 0.6) is 5.75 Å². The average Bonchev–Trinajstić information content (AvgIpc) is 3.04. The number of benzene rings is 2. The monoisotopic (exact) mass is 292 g/mol. The van der Waals surface area contributed by atoms with Crippen LogP contribution in [0.2, 0.25) is 0 Å². The minimum Gasteiger partial charge on any atom is -0.494 e. The lowest BCUT2D eigenvalue weighted by molar-refractivity contribution is 0.340. The topological polar surface area (TPSA) is 48.2 Å². The molecular formula is C18H16N2O2. The SMILES string of the molecule is CCOc1ccc(-c2nnc(/C=C/c3ccccc3)o2)cc1. The Hall–Kier alpha value is -2.88. The second kappa shape index (κ2) is 6.72. The van der Waals surface area contributed by atoms with Crippen molar-refractivity contribution in [2.45, 2.75) is 6.92 Å². The zero-order valence-corrected chi connectivity index (χ0v) is 12.3. The normalized spacial score (nSPS) is 11.0. The third-order valence-electron chi connectivity index (χ3n) is 3.07. The molecule has 0 N–H and O–H groups in total. The number of hydrogen-bond acceptors (Lipinski definition) is 4. The highest BCUT2D eigenvalue weighted by Crippen LogP contribution is 2.21. The van der Waals surface area contributed by atoms with Crippen LogP contribution in [0.4, 0.5) is 0 Å². The molecule has 4 heteroatoms. The Morgan fingerprint density at radius 2 is 1.73 bits per heavy atom. The van der Waals surface area contributed by atoms with Gasteiger partial charge in [-0.15, -0.1) is 10.2 Å². The van der Waals surface area contributed by atoms with Crippen molar-refractivity contribution in [2.75, 3.05) is 6.61 Å². The van der Waals surface area contributed by atoms with Gasteiger partial charge in [0.1, 0.15) is 5.75 Å². The predicted molar refractivity (Wildman–Crippen MR) is 86.3 cm³/mol. The van der Waals surface area contributed by atoms with E-state index in [0.29, 0.717) is 18.4 Å². The molecule has 0 saturated carbocycles. The summed E-state index contributed by atoms with van der Waals surface area (Å²) in [6.07, 6.45) is 3.75. The quantitative estimate of drug-likeness (QED) is 0.703. The Balaban J connectivity index is 1.74. The second-order valence-electron chi connectivity index (χ2n) is 4.65. The molecule has 22 heavy (non-hydrogen) atoms. The molecule has 0 radical (unpaired) electrons. The number of ether oxygens (including phenoxy) is 1. The Morgan fingerprint density at radius 1 is 0.955 bits per heavy atom. The maximum absolute atomic E-state index is 5.64. The molecule has 3 rings (SSSR count). The van der Waals surface area contributed by atoms with Crippen molar-refractivity contribution < 1.29 is 9.15 Å². The maximum atomic E-state index is 5.64. The van der Waals surface area contributed by atoms with Gasteiger partial charge in [-0.25, -0.2) is 0 Å². The molecule has 0 fully saturated rings. The summed E-state index contributed by atoms with van der Waals surface area (Å²) in [6.45, 7) is 2.60. The maximum Gasteiger partial charge on any atom is 0.248 e. The second-order valence-corrected chi connectivity index (χ2v) is 4.65. The molecule has 0 unspecified atom stereocenters. The van der Waals surface area contributed by atoms with Crippen LogP contribution in [0, 0.1) is 0 Å². The zero-order valence-electron chi connectivity index (χ0n) is 12.3. The van der Waals surface area contributed by atoms with Crippen molar-refractivity contribution in [3.8, 4) is 17.2 Å². The summed E-state index contributed by atoms with van der Waals surface area (Å²) in [7, 11) is 0. The highest BCUT2D eigenvalue weighted by Gasteiger charge is 2.06. The fraction of sp³-hybridized carbons (Fsp3) is 0.111. The van der Waals surface area contributed by atoms with Gasteiger partial charge >= 0.3 is 0 Å². The first-order valence-electron chi connectivity index (χ1n) is 7.15. The van der Waals surface area contributed by atoms with Crippen LogP contribution in [0.1, 0.15) is 18.4 Å². The molecule has 1 aromatic heterocycles. The van der Waals surface area contributed by atoms with E-state index in [1.54, 1.807) is 6.08 Å². The minimum absolute atomic E-state index is 0.479. The van der Waals surface area contributed by atoms with Crippen LogP contribution in [-0.4, -0.2) is 16.8 Å². The van der Waals surface area contributed by atoms with Gasteiger partial charge in [-0.3, -0.25) is 0 Å². The Labute approximate surface area is 129 Å². The third-order valence-corrected chi connectivity index (χ3v) is 3.07. The molecule has 0 aliphatic rings. The van der Waals surface area contributed by atoms with Crippen LogP contribution < -0.4 is 4.74 Å². The van der Waals surface area contributed by atoms with Crippen molar-refractivity contribution >= 4 is 12.2 Å². The largest absolute Gasteiger partial charge is 0.494 e. The van der Waals surface area contributed by atoms with Crippen molar-refractivity contribution in [2.24, 2.45) is 0 Å². The van der Waals surface area contributed by atoms with Crippen molar-refractivity contribution in [1.29, 1.82) is 0 Å². The lowest BCUT2D eigenvalue weighted by atomic mass is 10.2. The lowest BCUT2D eigenvalue weighted by Gasteiger charge is -2.02. The molecule has 2 aromatic carbocycles. The molecule has 0 spiro atoms. The van der Waals surface area contributed by atoms with E-state index >= 15 is 0 Å². The number of aromatic nitrogens is 2. The van der Waals surface area contributed by atoms with Crippen LogP contribution in [0.25, 0.3) is 23.6 Å². The molecule has 0 aliphatic carbocycles. The molecule has 110 valence electrons. The molecule has 0 atom stereocenters. The van der Waals surface area contributed by atoms with Crippen molar-refractivity contribution in [3.05, 3.63) is 66.1 Å². The van der Waals surface area contributed by atoms with Gasteiger partial charge in [0.15, 0.2) is 0 Å². The Kier molecular flexibility index (Phi) is 4.30. The number of nitrogens with zero attached hydrogens (tertiary/aromatic N) is 2. The van der Waals surface area contributed by atoms with Crippen LogP contribution in [0.15, 0.2) is 59.0 Å². The van der Waals surface area contributed by atoms with E-state index in [-0.39, 0.29) is 0 Å². The van der Waals surface area contributed by atoms with E-state index in [1.807, 2.05) is 67.6 Å². The fourth-order valence-corrected chi connectivity index (χ4v) is 2.01. The first-order valence-corrected chi connectivity index (χ1v) is 7.15. The lowest BCUT2D eigenvalue weighted by Crippen LogP contribution is -1.90. The first-order chi connectivity index (χ1) is 10.8. The van der Waals surface area contributed by atoms with Gasteiger partial charge < -0.3 is 9.15 Å². The average molecular weight is 292 g/mol. The van der Waals surface area contributed by atoms with E-state index in [9.17, 15) is 0 Å². The summed E-state index contributed by atoms with van der Waals surface area (Å²) in [4.78, 5) is 0. The summed E-state index contributed by atoms with van der Waals surface area (Å²) in [5.74, 6) is 1.80. The third kappa shape index (κ3) is 3.41. The standard InChI is InChI=1S/C18H16N2O2/c1-2-21-16-11-9-15(10-12-16)18-20-19-17(22-18)13-8-14-6-4-3-5-7-14/h3-13H,2H2,1H3/b13-8+. The molecule has 0 aliphatic heterocycles. The minimum atomic E-state index is 0.479. The van der Waals surface area contributed by atoms with Crippen molar-refractivity contribution in [1.82, 2.24) is 10.2 Å². The van der Waals surface area contributed by atoms with Gasteiger partial charge in [-0.1, -0.05) is 30.3 Å². The molecule has 3 aromatic rings. The Bertz CT molecular complexity index is 746. The van der Waals surface area contributed by atoms with E-state index in [0.717, 1.165) is 16.9 Å². The van der Waals surface area contributed by atoms with Gasteiger partial charge in [-0.05, 0) is 42.8 Å². The predicted octanol–water partition coefficient (Wildman–Crippen LogP) is 4.31. The molecule has 0 bridgehead atoms. The van der Waals surface area contributed by atoms with Crippen LogP contribution in [-0.2, 0) is 0 Å². The number of rotatable bonds is 5. The van der Waals surface area contributed by atoms with Gasteiger partial charge in [0, 0.05) is 11.6 Å². The molecule has 0 saturated heterocycles. The summed E-state index contributed by atoms with van der Waals surface area (Å²) in [6, 6.07) is 17.6. The highest BCUT2D eigenvalue weighted by atomic mass is 16.5. The summed E-state index contributed by atoms with van der Waals surface area (Å²) in [5, 5.41) is 8.10. The summed E-state index contributed by atoms with van der Waals surface area (Å²) < 4.78 is 11.1. The van der Waals surface area contributed by atoms with E-state index in [2.05, 4.69) is 10.2 Å². The van der Waals surface area contributed by atoms with E-state index < -0.39 is 0 Å². The zero-order chi connectivity index (χ0) is 15.2. The molecule has 0 amide bonds.